The first-order chi connectivity index (χ1) is 8.18. The lowest BCUT2D eigenvalue weighted by Crippen LogP contribution is -2.13. The molecular formula is C14H12NO2. The number of anilines is 1. The number of phenolic OH excluding ortho intramolecular Hbond substituents is 1. The molecule has 0 heterocycles. The molecule has 85 valence electrons. The van der Waals surface area contributed by atoms with Gasteiger partial charge in [0.1, 0.15) is 5.75 Å². The highest BCUT2D eigenvalue weighted by Gasteiger charge is 2.11. The molecule has 2 N–H and O–H groups in total. The lowest BCUT2D eigenvalue weighted by atomic mass is 10.1. The number of hydrogen-bond donors (Lipinski definition) is 2. The topological polar surface area (TPSA) is 49.3 Å². The van der Waals surface area contributed by atoms with Gasteiger partial charge in [-0.3, -0.25) is 4.79 Å². The van der Waals surface area contributed by atoms with Crippen molar-refractivity contribution in [2.24, 2.45) is 0 Å². The van der Waals surface area contributed by atoms with Crippen molar-refractivity contribution in [3.63, 3.8) is 0 Å². The molecule has 0 spiro atoms. The number of hydrogen-bond acceptors (Lipinski definition) is 2. The summed E-state index contributed by atoms with van der Waals surface area (Å²) >= 11 is 0. The molecule has 0 atom stereocenters. The van der Waals surface area contributed by atoms with Crippen molar-refractivity contribution in [3.8, 4) is 5.75 Å². The van der Waals surface area contributed by atoms with Crippen LogP contribution in [0.1, 0.15) is 15.9 Å². The number of nitrogens with one attached hydrogen (secondary N) is 1. The number of carbonyl (C=O) groups excluding carboxylic acids is 1. The molecule has 0 unspecified atom stereocenters. The van der Waals surface area contributed by atoms with Crippen LogP contribution in [0.25, 0.3) is 0 Å². The van der Waals surface area contributed by atoms with E-state index in [0.717, 1.165) is 0 Å². The Morgan fingerprint density at radius 1 is 1.24 bits per heavy atom. The first-order valence-corrected chi connectivity index (χ1v) is 5.24. The summed E-state index contributed by atoms with van der Waals surface area (Å²) in [5.41, 5.74) is 1.75. The molecule has 2 aromatic carbocycles. The summed E-state index contributed by atoms with van der Waals surface area (Å²) in [6, 6.07) is 14.7. The highest BCUT2D eigenvalue weighted by molar-refractivity contribution is 6.05. The third-order valence-electron chi connectivity index (χ3n) is 2.53. The van der Waals surface area contributed by atoms with E-state index in [4.69, 9.17) is 0 Å². The van der Waals surface area contributed by atoms with Crippen LogP contribution in [0, 0.1) is 13.0 Å². The quantitative estimate of drug-likeness (QED) is 0.827. The van der Waals surface area contributed by atoms with Crippen molar-refractivity contribution in [3.05, 3.63) is 59.7 Å². The van der Waals surface area contributed by atoms with Crippen LogP contribution in [0.3, 0.4) is 0 Å². The van der Waals surface area contributed by atoms with Crippen LogP contribution in [0.2, 0.25) is 0 Å². The standard InChI is InChI=1S/C14H12NO2/c1-10-12(8-5-9-13(10)16)14(17)15-11-6-3-2-4-7-11/h3-9,16H,1H3,(H,15,17). The molecule has 0 aliphatic rings. The average molecular weight is 226 g/mol. The highest BCUT2D eigenvalue weighted by Crippen LogP contribution is 2.20. The van der Waals surface area contributed by atoms with E-state index in [2.05, 4.69) is 11.4 Å². The molecule has 0 saturated heterocycles. The summed E-state index contributed by atoms with van der Waals surface area (Å²) in [4.78, 5) is 12.0. The monoisotopic (exact) mass is 226 g/mol. The van der Waals surface area contributed by atoms with Gasteiger partial charge in [-0.2, -0.15) is 0 Å². The summed E-state index contributed by atoms with van der Waals surface area (Å²) in [5, 5.41) is 12.3. The molecule has 3 heteroatoms. The Bertz CT molecular complexity index is 535. The minimum atomic E-state index is -0.232. The number of carbonyl (C=O) groups is 1. The van der Waals surface area contributed by atoms with Crippen molar-refractivity contribution >= 4 is 11.6 Å². The second-order valence-electron chi connectivity index (χ2n) is 3.69. The fourth-order valence-corrected chi connectivity index (χ4v) is 1.54. The largest absolute Gasteiger partial charge is 0.508 e. The predicted octanol–water partition coefficient (Wildman–Crippen LogP) is 2.75. The van der Waals surface area contributed by atoms with Gasteiger partial charge in [-0.15, -0.1) is 0 Å². The Morgan fingerprint density at radius 2 is 1.94 bits per heavy atom. The maximum Gasteiger partial charge on any atom is 0.256 e. The predicted molar refractivity (Wildman–Crippen MR) is 66.1 cm³/mol. The van der Waals surface area contributed by atoms with Crippen molar-refractivity contribution in [2.75, 3.05) is 5.32 Å². The van der Waals surface area contributed by atoms with Gasteiger partial charge in [0.05, 0.1) is 0 Å². The molecule has 0 fully saturated rings. The molecule has 0 saturated carbocycles. The second kappa shape index (κ2) is 4.70. The van der Waals surface area contributed by atoms with Gasteiger partial charge in [0.2, 0.25) is 0 Å². The van der Waals surface area contributed by atoms with Crippen molar-refractivity contribution in [1.29, 1.82) is 0 Å². The van der Waals surface area contributed by atoms with Gasteiger partial charge in [0, 0.05) is 16.8 Å². The van der Waals surface area contributed by atoms with Gasteiger partial charge < -0.3 is 10.4 Å². The molecule has 1 amide bonds. The Hall–Kier alpha value is -2.29. The Kier molecular flexibility index (Phi) is 3.10. The van der Waals surface area contributed by atoms with E-state index in [1.807, 2.05) is 0 Å². The van der Waals surface area contributed by atoms with Crippen LogP contribution < -0.4 is 5.32 Å². The number of aromatic hydroxyl groups is 1. The minimum absolute atomic E-state index is 0.124. The molecule has 1 radical (unpaired) electrons. The van der Waals surface area contributed by atoms with Crippen LogP contribution in [-0.2, 0) is 0 Å². The van der Waals surface area contributed by atoms with E-state index in [1.54, 1.807) is 49.4 Å². The minimum Gasteiger partial charge on any atom is -0.508 e. The van der Waals surface area contributed by atoms with Crippen LogP contribution >= 0.6 is 0 Å². The third-order valence-corrected chi connectivity index (χ3v) is 2.53. The SMILES string of the molecule is Cc1c(O)cccc1C(=O)Nc1cc[c]cc1. The number of phenols is 1. The fraction of sp³-hybridized carbons (Fsp3) is 0.0714. The summed E-state index contributed by atoms with van der Waals surface area (Å²) in [7, 11) is 0. The first-order valence-electron chi connectivity index (χ1n) is 5.24. The summed E-state index contributed by atoms with van der Waals surface area (Å²) in [5.74, 6) is -0.108. The van der Waals surface area contributed by atoms with E-state index in [9.17, 15) is 9.90 Å². The summed E-state index contributed by atoms with van der Waals surface area (Å²) < 4.78 is 0. The molecule has 2 rings (SSSR count). The lowest BCUT2D eigenvalue weighted by molar-refractivity contribution is 0.102. The van der Waals surface area contributed by atoms with Gasteiger partial charge in [-0.1, -0.05) is 18.2 Å². The average Bonchev–Trinajstić information content (AvgIpc) is 2.34. The molecular weight excluding hydrogens is 214 g/mol. The van der Waals surface area contributed by atoms with Crippen LogP contribution in [0.4, 0.5) is 5.69 Å². The Balaban J connectivity index is 2.24. The van der Waals surface area contributed by atoms with Gasteiger partial charge >= 0.3 is 0 Å². The van der Waals surface area contributed by atoms with E-state index in [0.29, 0.717) is 16.8 Å². The van der Waals surface area contributed by atoms with Crippen molar-refractivity contribution < 1.29 is 9.90 Å². The number of rotatable bonds is 2. The fourth-order valence-electron chi connectivity index (χ4n) is 1.54. The molecule has 0 aliphatic heterocycles. The van der Waals surface area contributed by atoms with Gasteiger partial charge in [0.15, 0.2) is 0 Å². The van der Waals surface area contributed by atoms with E-state index >= 15 is 0 Å². The molecule has 17 heavy (non-hydrogen) atoms. The molecule has 0 aliphatic carbocycles. The molecule has 0 bridgehead atoms. The first kappa shape index (κ1) is 11.2. The third kappa shape index (κ3) is 2.45. The normalized spacial score (nSPS) is 9.94. The van der Waals surface area contributed by atoms with Crippen molar-refractivity contribution in [1.82, 2.24) is 0 Å². The zero-order valence-electron chi connectivity index (χ0n) is 9.40. The maximum atomic E-state index is 12.0. The van der Waals surface area contributed by atoms with E-state index < -0.39 is 0 Å². The Morgan fingerprint density at radius 3 is 2.65 bits per heavy atom. The van der Waals surface area contributed by atoms with Crippen molar-refractivity contribution in [2.45, 2.75) is 6.92 Å². The van der Waals surface area contributed by atoms with E-state index in [-0.39, 0.29) is 11.7 Å². The zero-order valence-corrected chi connectivity index (χ0v) is 9.40. The maximum absolute atomic E-state index is 12.0. The number of benzene rings is 2. The molecule has 2 aromatic rings. The second-order valence-corrected chi connectivity index (χ2v) is 3.69. The summed E-state index contributed by atoms with van der Waals surface area (Å²) in [6.45, 7) is 1.71. The van der Waals surface area contributed by atoms with Crippen LogP contribution in [0.15, 0.2) is 42.5 Å². The highest BCUT2D eigenvalue weighted by atomic mass is 16.3. The lowest BCUT2D eigenvalue weighted by Gasteiger charge is -2.08. The zero-order chi connectivity index (χ0) is 12.3. The van der Waals surface area contributed by atoms with Gasteiger partial charge in [-0.25, -0.2) is 0 Å². The smallest absolute Gasteiger partial charge is 0.256 e. The molecule has 0 aromatic heterocycles. The van der Waals surface area contributed by atoms with Gasteiger partial charge in [-0.05, 0) is 37.3 Å². The summed E-state index contributed by atoms with van der Waals surface area (Å²) in [6.07, 6.45) is 0. The number of amides is 1. The van der Waals surface area contributed by atoms with Crippen LogP contribution in [0.5, 0.6) is 5.75 Å². The van der Waals surface area contributed by atoms with E-state index in [1.165, 1.54) is 0 Å². The Labute approximate surface area is 99.7 Å². The molecule has 3 nitrogen and oxygen atoms in total. The van der Waals surface area contributed by atoms with Crippen LogP contribution in [-0.4, -0.2) is 11.0 Å². The van der Waals surface area contributed by atoms with Gasteiger partial charge in [0.25, 0.3) is 5.91 Å².